The molecule has 0 heterocycles. The van der Waals surface area contributed by atoms with Gasteiger partial charge in [-0.15, -0.1) is 0 Å². The summed E-state index contributed by atoms with van der Waals surface area (Å²) in [5, 5.41) is 11.3. The van der Waals surface area contributed by atoms with Crippen LogP contribution < -0.4 is 5.32 Å². The Balaban J connectivity index is 2.31. The molecule has 0 radical (unpaired) electrons. The molecule has 0 fully saturated rings. The maximum absolute atomic E-state index is 11.8. The number of likely N-dealkylation sites (N-methyl/N-ethyl adjacent to an activating group) is 1. The Morgan fingerprint density at radius 1 is 1.30 bits per heavy atom. The first-order valence-corrected chi connectivity index (χ1v) is 7.12. The molecule has 8 heteroatoms. The minimum absolute atomic E-state index is 0.202. The van der Waals surface area contributed by atoms with Crippen molar-refractivity contribution >= 4 is 29.4 Å². The van der Waals surface area contributed by atoms with Gasteiger partial charge < -0.3 is 15.0 Å². The highest BCUT2D eigenvalue weighted by atomic mass is 35.5. The summed E-state index contributed by atoms with van der Waals surface area (Å²) < 4.78 is 4.76. The van der Waals surface area contributed by atoms with Gasteiger partial charge in [0.1, 0.15) is 6.54 Å². The predicted molar refractivity (Wildman–Crippen MR) is 82.6 cm³/mol. The molecule has 1 aromatic rings. The average Bonchev–Trinajstić information content (AvgIpc) is 2.55. The zero-order valence-electron chi connectivity index (χ0n) is 12.5. The van der Waals surface area contributed by atoms with Crippen LogP contribution in [0.25, 0.3) is 0 Å². The van der Waals surface area contributed by atoms with Gasteiger partial charge in [-0.3, -0.25) is 14.4 Å². The van der Waals surface area contributed by atoms with Gasteiger partial charge in [0.2, 0.25) is 0 Å². The number of carbonyl (C=O) groups excluding carboxylic acids is 3. The van der Waals surface area contributed by atoms with Crippen LogP contribution >= 0.6 is 11.6 Å². The van der Waals surface area contributed by atoms with Crippen molar-refractivity contribution in [2.45, 2.75) is 6.42 Å². The van der Waals surface area contributed by atoms with E-state index in [9.17, 15) is 14.4 Å². The Labute approximate surface area is 138 Å². The van der Waals surface area contributed by atoms with Gasteiger partial charge in [0.25, 0.3) is 11.8 Å². The van der Waals surface area contributed by atoms with Crippen molar-refractivity contribution in [3.05, 3.63) is 34.9 Å². The summed E-state index contributed by atoms with van der Waals surface area (Å²) in [4.78, 5) is 36.1. The number of hydrogen-bond donors (Lipinski definition) is 1. The van der Waals surface area contributed by atoms with Gasteiger partial charge in [0.05, 0.1) is 12.5 Å². The summed E-state index contributed by atoms with van der Waals surface area (Å²) in [5.41, 5.74) is 0.356. The van der Waals surface area contributed by atoms with E-state index in [1.54, 1.807) is 12.1 Å². The lowest BCUT2D eigenvalue weighted by Gasteiger charge is -2.15. The van der Waals surface area contributed by atoms with Gasteiger partial charge in [-0.2, -0.15) is 5.26 Å². The van der Waals surface area contributed by atoms with Crippen molar-refractivity contribution in [1.29, 1.82) is 5.26 Å². The quantitative estimate of drug-likeness (QED) is 0.748. The molecule has 1 aromatic carbocycles. The number of carbonyl (C=O) groups is 3. The Morgan fingerprint density at radius 2 is 1.96 bits per heavy atom. The number of nitriles is 1. The third kappa shape index (κ3) is 6.80. The number of nitrogens with zero attached hydrogens (tertiary/aromatic N) is 2. The fourth-order valence-corrected chi connectivity index (χ4v) is 1.63. The van der Waals surface area contributed by atoms with Crippen molar-refractivity contribution in [3.63, 3.8) is 0 Å². The zero-order valence-corrected chi connectivity index (χ0v) is 13.3. The maximum atomic E-state index is 11.8. The van der Waals surface area contributed by atoms with Crippen LogP contribution in [0.5, 0.6) is 0 Å². The third-order valence-electron chi connectivity index (χ3n) is 2.84. The lowest BCUT2D eigenvalue weighted by atomic mass is 10.2. The maximum Gasteiger partial charge on any atom is 0.325 e. The van der Waals surface area contributed by atoms with Crippen LogP contribution in [0.1, 0.15) is 16.8 Å². The van der Waals surface area contributed by atoms with Crippen LogP contribution in [-0.4, -0.2) is 49.4 Å². The molecule has 0 aromatic heterocycles. The molecule has 0 aliphatic rings. The first-order chi connectivity index (χ1) is 10.9. The Bertz CT molecular complexity index is 610. The molecule has 0 atom stereocenters. The SMILES string of the molecule is CN(CCC#N)C(=O)COC(=O)CNC(=O)c1ccc(Cl)cc1. The molecular formula is C15H16ClN3O4. The zero-order chi connectivity index (χ0) is 17.2. The van der Waals surface area contributed by atoms with Crippen LogP contribution in [0.15, 0.2) is 24.3 Å². The summed E-state index contributed by atoms with van der Waals surface area (Å²) in [6.45, 7) is -0.519. The molecular weight excluding hydrogens is 322 g/mol. The van der Waals surface area contributed by atoms with E-state index in [0.29, 0.717) is 10.6 Å². The summed E-state index contributed by atoms with van der Waals surface area (Å²) in [6, 6.07) is 8.08. The number of ether oxygens (including phenoxy) is 1. The predicted octanol–water partition coefficient (Wildman–Crippen LogP) is 0.985. The third-order valence-corrected chi connectivity index (χ3v) is 3.09. The van der Waals surface area contributed by atoms with E-state index in [1.807, 2.05) is 6.07 Å². The molecule has 0 aliphatic carbocycles. The van der Waals surface area contributed by atoms with Gasteiger partial charge in [-0.05, 0) is 24.3 Å². The van der Waals surface area contributed by atoms with Crippen LogP contribution in [0.3, 0.4) is 0 Å². The smallest absolute Gasteiger partial charge is 0.325 e. The second kappa shape index (κ2) is 9.43. The molecule has 2 amide bonds. The molecule has 0 saturated carbocycles. The fraction of sp³-hybridized carbons (Fsp3) is 0.333. The number of rotatable bonds is 7. The monoisotopic (exact) mass is 337 g/mol. The Kier molecular flexibility index (Phi) is 7.57. The topological polar surface area (TPSA) is 99.5 Å². The molecule has 7 nitrogen and oxygen atoms in total. The van der Waals surface area contributed by atoms with Gasteiger partial charge >= 0.3 is 5.97 Å². The summed E-state index contributed by atoms with van der Waals surface area (Å²) in [6.07, 6.45) is 0.202. The second-order valence-corrected chi connectivity index (χ2v) is 5.01. The van der Waals surface area contributed by atoms with Crippen LogP contribution in [0.2, 0.25) is 5.02 Å². The standard InChI is InChI=1S/C15H16ClN3O4/c1-19(8-2-7-17)13(20)10-23-14(21)9-18-15(22)11-3-5-12(16)6-4-11/h3-6H,2,8-10H2,1H3,(H,18,22). The first-order valence-electron chi connectivity index (χ1n) is 6.74. The van der Waals surface area contributed by atoms with E-state index in [4.69, 9.17) is 21.6 Å². The molecule has 23 heavy (non-hydrogen) atoms. The largest absolute Gasteiger partial charge is 0.454 e. The second-order valence-electron chi connectivity index (χ2n) is 4.57. The van der Waals surface area contributed by atoms with E-state index in [1.165, 1.54) is 24.1 Å². The van der Waals surface area contributed by atoms with E-state index in [0.717, 1.165) is 0 Å². The summed E-state index contributed by atoms with van der Waals surface area (Å²) >= 11 is 5.71. The fourth-order valence-electron chi connectivity index (χ4n) is 1.50. The number of hydrogen-bond acceptors (Lipinski definition) is 5. The number of benzene rings is 1. The van der Waals surface area contributed by atoms with Crippen molar-refractivity contribution in [3.8, 4) is 6.07 Å². The molecule has 0 spiro atoms. The first kappa shape index (κ1) is 18.5. The number of amides is 2. The van der Waals surface area contributed by atoms with E-state index < -0.39 is 24.4 Å². The Morgan fingerprint density at radius 3 is 2.57 bits per heavy atom. The van der Waals surface area contributed by atoms with Crippen molar-refractivity contribution in [1.82, 2.24) is 10.2 Å². The van der Waals surface area contributed by atoms with Crippen LogP contribution in [0.4, 0.5) is 0 Å². The minimum Gasteiger partial charge on any atom is -0.454 e. The van der Waals surface area contributed by atoms with Crippen molar-refractivity contribution < 1.29 is 19.1 Å². The highest BCUT2D eigenvalue weighted by molar-refractivity contribution is 6.30. The molecule has 1 N–H and O–H groups in total. The van der Waals surface area contributed by atoms with Gasteiger partial charge in [0, 0.05) is 24.2 Å². The summed E-state index contributed by atoms with van der Waals surface area (Å²) in [5.74, 6) is -1.59. The summed E-state index contributed by atoms with van der Waals surface area (Å²) in [7, 11) is 1.51. The van der Waals surface area contributed by atoms with Gasteiger partial charge in [-0.25, -0.2) is 0 Å². The highest BCUT2D eigenvalue weighted by Crippen LogP contribution is 2.09. The van der Waals surface area contributed by atoms with Crippen molar-refractivity contribution in [2.75, 3.05) is 26.7 Å². The van der Waals surface area contributed by atoms with Gasteiger partial charge in [-0.1, -0.05) is 11.6 Å². The lowest BCUT2D eigenvalue weighted by Crippen LogP contribution is -2.35. The van der Waals surface area contributed by atoms with E-state index in [2.05, 4.69) is 5.32 Å². The average molecular weight is 338 g/mol. The highest BCUT2D eigenvalue weighted by Gasteiger charge is 2.13. The molecule has 0 aliphatic heterocycles. The normalized spacial score (nSPS) is 9.61. The van der Waals surface area contributed by atoms with Gasteiger partial charge in [0.15, 0.2) is 6.61 Å². The number of esters is 1. The molecule has 0 unspecified atom stereocenters. The van der Waals surface area contributed by atoms with Crippen LogP contribution in [-0.2, 0) is 14.3 Å². The lowest BCUT2D eigenvalue weighted by molar-refractivity contribution is -0.150. The number of halogens is 1. The Hall–Kier alpha value is -2.59. The number of nitrogens with one attached hydrogen (secondary N) is 1. The molecule has 1 rings (SSSR count). The van der Waals surface area contributed by atoms with E-state index >= 15 is 0 Å². The van der Waals surface area contributed by atoms with E-state index in [-0.39, 0.29) is 19.5 Å². The minimum atomic E-state index is -0.727. The van der Waals surface area contributed by atoms with Crippen molar-refractivity contribution in [2.24, 2.45) is 0 Å². The molecule has 122 valence electrons. The molecule has 0 bridgehead atoms. The molecule has 0 saturated heterocycles. The van der Waals surface area contributed by atoms with Crippen LogP contribution in [0, 0.1) is 11.3 Å².